The molecule has 0 spiro atoms. The molecule has 0 aliphatic heterocycles. The first kappa shape index (κ1) is 18.3. The van der Waals surface area contributed by atoms with Crippen LogP contribution < -0.4 is 5.32 Å². The first-order chi connectivity index (χ1) is 9.70. The van der Waals surface area contributed by atoms with Gasteiger partial charge >= 0.3 is 0 Å². The molecule has 7 heteroatoms. The van der Waals surface area contributed by atoms with E-state index in [0.29, 0.717) is 17.1 Å². The van der Waals surface area contributed by atoms with Gasteiger partial charge in [-0.05, 0) is 17.7 Å². The molecule has 0 aliphatic carbocycles. The summed E-state index contributed by atoms with van der Waals surface area (Å²) < 4.78 is 26.0. The fourth-order valence-electron chi connectivity index (χ4n) is 1.63. The van der Waals surface area contributed by atoms with Crippen LogP contribution in [0.4, 0.5) is 0 Å². The zero-order valence-electron chi connectivity index (χ0n) is 12.2. The van der Waals surface area contributed by atoms with E-state index < -0.39 is 10.0 Å². The van der Waals surface area contributed by atoms with Crippen molar-refractivity contribution in [3.05, 3.63) is 27.7 Å². The molecule has 0 saturated heterocycles. The van der Waals surface area contributed by atoms with Crippen molar-refractivity contribution in [1.29, 1.82) is 0 Å². The molecule has 0 saturated carbocycles. The number of benzene rings is 1. The summed E-state index contributed by atoms with van der Waals surface area (Å²) in [5.41, 5.74) is 0.630. The largest absolute Gasteiger partial charge is 0.310 e. The molecular weight excluding hydrogens is 331 g/mol. The Morgan fingerprint density at radius 1 is 1.38 bits per heavy atom. The van der Waals surface area contributed by atoms with Gasteiger partial charge in [-0.1, -0.05) is 43.0 Å². The summed E-state index contributed by atoms with van der Waals surface area (Å²) in [4.78, 5) is -0.0324. The van der Waals surface area contributed by atoms with Crippen LogP contribution >= 0.6 is 23.2 Å². The third-order valence-electron chi connectivity index (χ3n) is 2.78. The minimum Gasteiger partial charge on any atom is -0.310 e. The van der Waals surface area contributed by atoms with Gasteiger partial charge in [0.25, 0.3) is 0 Å². The van der Waals surface area contributed by atoms with Crippen molar-refractivity contribution in [1.82, 2.24) is 9.62 Å². The first-order valence-electron chi connectivity index (χ1n) is 6.31. The standard InChI is InChI=1S/C14H18Cl2N2O2S/c1-5-6-18(4)21(19,20)13-8-12(15)7-11(14(13)16)9-17-10(2)3/h1,7-8,10,17H,6,9H2,2-4H3. The molecule has 1 aromatic rings. The number of hydrogen-bond acceptors (Lipinski definition) is 3. The summed E-state index contributed by atoms with van der Waals surface area (Å²) in [5, 5.41) is 3.65. The van der Waals surface area contributed by atoms with Gasteiger partial charge in [0.15, 0.2) is 0 Å². The number of nitrogens with zero attached hydrogens (tertiary/aromatic N) is 1. The van der Waals surface area contributed by atoms with Crippen molar-refractivity contribution in [2.45, 2.75) is 31.3 Å². The second-order valence-corrected chi connectivity index (χ2v) is 7.71. The Bertz CT molecular complexity index is 652. The molecule has 116 valence electrons. The average molecular weight is 349 g/mol. The first-order valence-corrected chi connectivity index (χ1v) is 8.50. The van der Waals surface area contributed by atoms with E-state index in [4.69, 9.17) is 29.6 Å². The van der Waals surface area contributed by atoms with E-state index in [1.807, 2.05) is 13.8 Å². The normalized spacial score (nSPS) is 11.9. The Balaban J connectivity index is 3.28. The van der Waals surface area contributed by atoms with Crippen molar-refractivity contribution in [3.63, 3.8) is 0 Å². The Kier molecular flexibility index (Phi) is 6.51. The minimum absolute atomic E-state index is 0.0324. The molecule has 0 heterocycles. The van der Waals surface area contributed by atoms with Crippen LogP contribution in [0.25, 0.3) is 0 Å². The van der Waals surface area contributed by atoms with Gasteiger partial charge in [-0.2, -0.15) is 4.31 Å². The third-order valence-corrected chi connectivity index (χ3v) is 5.39. The van der Waals surface area contributed by atoms with Crippen LogP contribution in [-0.2, 0) is 16.6 Å². The highest BCUT2D eigenvalue weighted by molar-refractivity contribution is 7.89. The lowest BCUT2D eigenvalue weighted by Crippen LogP contribution is -2.28. The molecule has 0 unspecified atom stereocenters. The fourth-order valence-corrected chi connectivity index (χ4v) is 3.62. The summed E-state index contributed by atoms with van der Waals surface area (Å²) in [7, 11) is -2.37. The lowest BCUT2D eigenvalue weighted by atomic mass is 10.2. The van der Waals surface area contributed by atoms with Gasteiger partial charge in [-0.3, -0.25) is 0 Å². The van der Waals surface area contributed by atoms with E-state index in [9.17, 15) is 8.42 Å². The van der Waals surface area contributed by atoms with Crippen LogP contribution in [0.1, 0.15) is 19.4 Å². The number of hydrogen-bond donors (Lipinski definition) is 1. The number of nitrogens with one attached hydrogen (secondary N) is 1. The van der Waals surface area contributed by atoms with Gasteiger partial charge in [0.05, 0.1) is 11.6 Å². The lowest BCUT2D eigenvalue weighted by Gasteiger charge is -2.18. The summed E-state index contributed by atoms with van der Waals surface area (Å²) in [6.45, 7) is 4.36. The van der Waals surface area contributed by atoms with E-state index in [1.165, 1.54) is 13.1 Å². The molecule has 0 amide bonds. The Hall–Kier alpha value is -0.770. The van der Waals surface area contributed by atoms with E-state index in [2.05, 4.69) is 11.2 Å². The Morgan fingerprint density at radius 2 is 2.00 bits per heavy atom. The number of sulfonamides is 1. The molecule has 0 bridgehead atoms. The maximum absolute atomic E-state index is 12.5. The fraction of sp³-hybridized carbons (Fsp3) is 0.429. The Morgan fingerprint density at radius 3 is 2.52 bits per heavy atom. The minimum atomic E-state index is -3.77. The van der Waals surface area contributed by atoms with Crippen molar-refractivity contribution < 1.29 is 8.42 Å². The highest BCUT2D eigenvalue weighted by Gasteiger charge is 2.25. The van der Waals surface area contributed by atoms with Crippen LogP contribution in [0.2, 0.25) is 10.0 Å². The second kappa shape index (κ2) is 7.48. The molecular formula is C14H18Cl2N2O2S. The van der Waals surface area contributed by atoms with Crippen molar-refractivity contribution in [2.75, 3.05) is 13.6 Å². The number of rotatable bonds is 6. The quantitative estimate of drug-likeness (QED) is 0.804. The smallest absolute Gasteiger partial charge is 0.245 e. The zero-order chi connectivity index (χ0) is 16.2. The molecule has 0 atom stereocenters. The van der Waals surface area contributed by atoms with E-state index in [1.54, 1.807) is 6.07 Å². The molecule has 21 heavy (non-hydrogen) atoms. The predicted octanol–water partition coefficient (Wildman–Crippen LogP) is 2.75. The maximum atomic E-state index is 12.5. The molecule has 0 aromatic heterocycles. The monoisotopic (exact) mass is 348 g/mol. The molecule has 4 nitrogen and oxygen atoms in total. The van der Waals surface area contributed by atoms with Crippen LogP contribution in [-0.4, -0.2) is 32.4 Å². The van der Waals surface area contributed by atoms with E-state index >= 15 is 0 Å². The van der Waals surface area contributed by atoms with Crippen LogP contribution in [0, 0.1) is 12.3 Å². The highest BCUT2D eigenvalue weighted by atomic mass is 35.5. The van der Waals surface area contributed by atoms with Gasteiger partial charge in [0.2, 0.25) is 10.0 Å². The summed E-state index contributed by atoms with van der Waals surface area (Å²) in [6.07, 6.45) is 5.16. The van der Waals surface area contributed by atoms with Crippen molar-refractivity contribution in [3.8, 4) is 12.3 Å². The maximum Gasteiger partial charge on any atom is 0.245 e. The van der Waals surface area contributed by atoms with Gasteiger partial charge in [0, 0.05) is 24.7 Å². The van der Waals surface area contributed by atoms with E-state index in [-0.39, 0.29) is 22.5 Å². The van der Waals surface area contributed by atoms with Gasteiger partial charge in [-0.15, -0.1) is 6.42 Å². The third kappa shape index (κ3) is 4.60. The van der Waals surface area contributed by atoms with Crippen LogP contribution in [0.15, 0.2) is 17.0 Å². The average Bonchev–Trinajstić information content (AvgIpc) is 2.39. The molecule has 0 aliphatic rings. The van der Waals surface area contributed by atoms with Crippen LogP contribution in [0.3, 0.4) is 0 Å². The predicted molar refractivity (Wildman–Crippen MR) is 87.1 cm³/mol. The lowest BCUT2D eigenvalue weighted by molar-refractivity contribution is 0.503. The van der Waals surface area contributed by atoms with Crippen LogP contribution in [0.5, 0.6) is 0 Å². The number of terminal acetylenes is 1. The van der Waals surface area contributed by atoms with Crippen molar-refractivity contribution in [2.24, 2.45) is 0 Å². The SMILES string of the molecule is C#CCN(C)S(=O)(=O)c1cc(Cl)cc(CNC(C)C)c1Cl. The molecule has 1 N–H and O–H groups in total. The summed E-state index contributed by atoms with van der Waals surface area (Å²) in [6, 6.07) is 3.23. The molecule has 0 radical (unpaired) electrons. The van der Waals surface area contributed by atoms with Crippen molar-refractivity contribution >= 4 is 33.2 Å². The zero-order valence-corrected chi connectivity index (χ0v) is 14.5. The number of halogens is 2. The molecule has 1 aromatic carbocycles. The van der Waals surface area contributed by atoms with Gasteiger partial charge in [0.1, 0.15) is 4.90 Å². The highest BCUT2D eigenvalue weighted by Crippen LogP contribution is 2.31. The summed E-state index contributed by atoms with van der Waals surface area (Å²) in [5.74, 6) is 2.29. The summed E-state index contributed by atoms with van der Waals surface area (Å²) >= 11 is 12.3. The second-order valence-electron chi connectivity index (χ2n) is 4.88. The topological polar surface area (TPSA) is 49.4 Å². The van der Waals surface area contributed by atoms with Gasteiger partial charge in [-0.25, -0.2) is 8.42 Å². The molecule has 0 fully saturated rings. The Labute approximate surface area is 136 Å². The van der Waals surface area contributed by atoms with Gasteiger partial charge < -0.3 is 5.32 Å². The molecule has 1 rings (SSSR count). The van der Waals surface area contributed by atoms with E-state index in [0.717, 1.165) is 4.31 Å².